The van der Waals surface area contributed by atoms with E-state index in [4.69, 9.17) is 22.1 Å². The van der Waals surface area contributed by atoms with Crippen LogP contribution in [-0.2, 0) is 9.53 Å². The quantitative estimate of drug-likeness (QED) is 0.106. The van der Waals surface area contributed by atoms with Crippen LogP contribution in [0.4, 0.5) is 9.18 Å². The Morgan fingerprint density at radius 1 is 1.45 bits per heavy atom. The minimum absolute atomic E-state index is 0.0487. The Hall–Kier alpha value is -3.21. The number of halogens is 1. The Labute approximate surface area is 198 Å². The Kier molecular flexibility index (Phi) is 12.5. The standard InChI is InChI=1S/C21H31FN6O4S/c1-5-16(28-13-17(32-21(28)31)12-26-15(3)30)11-18(22)19(6-2)27(14-23-4)9-7-24-20(33)25-8-10-29/h6,11,14,17,29H,1,7-10,12-13H2,2-4H3,(H,26,30)(H2,24,25,33). The molecule has 0 aromatic heterocycles. The van der Waals surface area contributed by atoms with Gasteiger partial charge in [-0.05, 0) is 19.1 Å². The molecule has 1 saturated heterocycles. The zero-order chi connectivity index (χ0) is 24.8. The highest BCUT2D eigenvalue weighted by molar-refractivity contribution is 7.80. The first-order valence-corrected chi connectivity index (χ1v) is 10.7. The van der Waals surface area contributed by atoms with Crippen molar-refractivity contribution in [3.8, 4) is 0 Å². The number of ether oxygens (including phenoxy) is 1. The molecular formula is C21H31FN6O4S. The van der Waals surface area contributed by atoms with E-state index in [2.05, 4.69) is 33.3 Å². The maximum Gasteiger partial charge on any atom is 0.415 e. The van der Waals surface area contributed by atoms with Crippen LogP contribution < -0.4 is 16.0 Å². The van der Waals surface area contributed by atoms with Gasteiger partial charge in [-0.1, -0.05) is 12.7 Å². The Bertz CT molecular complexity index is 854. The van der Waals surface area contributed by atoms with Crippen LogP contribution in [-0.4, -0.2) is 90.8 Å². The van der Waals surface area contributed by atoms with Crippen molar-refractivity contribution in [3.05, 3.63) is 41.7 Å². The van der Waals surface area contributed by atoms with Crippen LogP contribution >= 0.6 is 12.2 Å². The summed E-state index contributed by atoms with van der Waals surface area (Å²) in [5.74, 6) is -0.882. The van der Waals surface area contributed by atoms with Crippen molar-refractivity contribution >= 4 is 35.7 Å². The van der Waals surface area contributed by atoms with E-state index in [1.807, 2.05) is 0 Å². The number of thiocarbonyl (C=S) groups is 1. The third-order valence-corrected chi connectivity index (χ3v) is 4.59. The Morgan fingerprint density at radius 3 is 2.73 bits per heavy atom. The van der Waals surface area contributed by atoms with Crippen LogP contribution in [0.15, 0.2) is 46.7 Å². The van der Waals surface area contributed by atoms with Crippen LogP contribution in [0.2, 0.25) is 0 Å². The molecule has 1 fully saturated rings. The summed E-state index contributed by atoms with van der Waals surface area (Å²) in [7, 11) is 1.56. The summed E-state index contributed by atoms with van der Waals surface area (Å²) in [6, 6.07) is 0. The normalized spacial score (nSPS) is 16.3. The molecule has 0 bridgehead atoms. The van der Waals surface area contributed by atoms with E-state index < -0.39 is 18.0 Å². The lowest BCUT2D eigenvalue weighted by molar-refractivity contribution is -0.119. The first-order chi connectivity index (χ1) is 15.8. The number of aliphatic imine (C=N–C) groups is 1. The van der Waals surface area contributed by atoms with Gasteiger partial charge in [0.25, 0.3) is 0 Å². The van der Waals surface area contributed by atoms with Gasteiger partial charge in [0.05, 0.1) is 37.4 Å². The predicted octanol–water partition coefficient (Wildman–Crippen LogP) is 0.786. The third kappa shape index (κ3) is 9.44. The molecule has 10 nitrogen and oxygen atoms in total. The number of amides is 2. The number of rotatable bonds is 12. The Morgan fingerprint density at radius 2 is 2.15 bits per heavy atom. The first-order valence-electron chi connectivity index (χ1n) is 10.2. The molecule has 1 aliphatic heterocycles. The molecule has 0 saturated carbocycles. The van der Waals surface area contributed by atoms with Gasteiger partial charge in [0, 0.05) is 39.7 Å². The molecule has 2 amide bonds. The number of carbonyl (C=O) groups excluding carboxylic acids is 2. The number of hydrogen-bond donors (Lipinski definition) is 4. The molecule has 0 aliphatic carbocycles. The lowest BCUT2D eigenvalue weighted by atomic mass is 10.2. The Balaban J connectivity index is 2.90. The van der Waals surface area contributed by atoms with Crippen molar-refractivity contribution in [3.63, 3.8) is 0 Å². The summed E-state index contributed by atoms with van der Waals surface area (Å²) < 4.78 is 20.4. The van der Waals surface area contributed by atoms with Crippen molar-refractivity contribution in [2.75, 3.05) is 46.4 Å². The van der Waals surface area contributed by atoms with Gasteiger partial charge < -0.3 is 30.7 Å². The molecule has 0 aromatic rings. The number of cyclic esters (lactones) is 1. The molecule has 12 heteroatoms. The smallest absolute Gasteiger partial charge is 0.415 e. The molecule has 0 aromatic carbocycles. The van der Waals surface area contributed by atoms with E-state index in [-0.39, 0.29) is 37.0 Å². The number of nitrogens with zero attached hydrogens (tertiary/aromatic N) is 3. The van der Waals surface area contributed by atoms with Crippen LogP contribution in [0, 0.1) is 0 Å². The van der Waals surface area contributed by atoms with E-state index in [1.165, 1.54) is 18.2 Å². The highest BCUT2D eigenvalue weighted by Crippen LogP contribution is 2.22. The monoisotopic (exact) mass is 482 g/mol. The number of carbonyl (C=O) groups is 2. The molecule has 4 N–H and O–H groups in total. The van der Waals surface area contributed by atoms with E-state index >= 15 is 4.39 Å². The van der Waals surface area contributed by atoms with E-state index in [0.717, 1.165) is 6.08 Å². The number of aliphatic hydroxyl groups excluding tert-OH is 1. The van der Waals surface area contributed by atoms with Crippen molar-refractivity contribution in [2.24, 2.45) is 4.99 Å². The van der Waals surface area contributed by atoms with E-state index in [9.17, 15) is 9.59 Å². The second-order valence-electron chi connectivity index (χ2n) is 6.76. The second-order valence-corrected chi connectivity index (χ2v) is 7.16. The average molecular weight is 483 g/mol. The van der Waals surface area contributed by atoms with Crippen molar-refractivity contribution < 1.29 is 23.8 Å². The molecular weight excluding hydrogens is 451 g/mol. The van der Waals surface area contributed by atoms with Crippen LogP contribution in [0.25, 0.3) is 0 Å². The van der Waals surface area contributed by atoms with Gasteiger partial charge in [0.15, 0.2) is 5.11 Å². The number of hydrogen-bond acceptors (Lipinski definition) is 6. The lowest BCUT2D eigenvalue weighted by Gasteiger charge is -2.23. The second kappa shape index (κ2) is 14.8. The van der Waals surface area contributed by atoms with Gasteiger partial charge in [0.2, 0.25) is 5.91 Å². The fourth-order valence-corrected chi connectivity index (χ4v) is 3.05. The largest absolute Gasteiger partial charge is 0.442 e. The average Bonchev–Trinajstić information content (AvgIpc) is 3.15. The fourth-order valence-electron chi connectivity index (χ4n) is 2.84. The van der Waals surface area contributed by atoms with Crippen LogP contribution in [0.3, 0.4) is 0 Å². The van der Waals surface area contributed by atoms with Crippen molar-refractivity contribution in [2.45, 2.75) is 20.0 Å². The minimum Gasteiger partial charge on any atom is -0.442 e. The lowest BCUT2D eigenvalue weighted by Crippen LogP contribution is -2.40. The number of aliphatic hydroxyl groups is 1. The molecule has 1 aliphatic rings. The molecule has 33 heavy (non-hydrogen) atoms. The maximum atomic E-state index is 15.2. The summed E-state index contributed by atoms with van der Waals surface area (Å²) in [6.07, 6.45) is 2.93. The minimum atomic E-state index is -0.678. The zero-order valence-electron chi connectivity index (χ0n) is 19.1. The highest BCUT2D eigenvalue weighted by atomic mass is 32.1. The summed E-state index contributed by atoms with van der Waals surface area (Å²) in [6.45, 7) is 7.84. The SMILES string of the molecule is C=C=C(C=C(F)C(=CC)N(C=NC)CCNC(=S)NCCO)N1CC(CNC(C)=O)OC1=O. The van der Waals surface area contributed by atoms with Gasteiger partial charge in [0.1, 0.15) is 11.9 Å². The zero-order valence-corrected chi connectivity index (χ0v) is 19.9. The van der Waals surface area contributed by atoms with Gasteiger partial charge in [-0.2, -0.15) is 0 Å². The molecule has 0 spiro atoms. The molecule has 1 atom stereocenters. The molecule has 1 unspecified atom stereocenters. The topological polar surface area (TPSA) is 119 Å². The number of nitrogens with one attached hydrogen (secondary N) is 3. The van der Waals surface area contributed by atoms with Crippen LogP contribution in [0.1, 0.15) is 13.8 Å². The van der Waals surface area contributed by atoms with Crippen LogP contribution in [0.5, 0.6) is 0 Å². The molecule has 0 radical (unpaired) electrons. The predicted molar refractivity (Wildman–Crippen MR) is 128 cm³/mol. The molecule has 1 heterocycles. The summed E-state index contributed by atoms with van der Waals surface area (Å²) >= 11 is 5.09. The fraction of sp³-hybridized carbons (Fsp3) is 0.476. The van der Waals surface area contributed by atoms with Crippen molar-refractivity contribution in [1.82, 2.24) is 25.8 Å². The third-order valence-electron chi connectivity index (χ3n) is 4.31. The van der Waals surface area contributed by atoms with Gasteiger partial charge in [-0.15, -0.1) is 5.73 Å². The summed E-state index contributed by atoms with van der Waals surface area (Å²) in [5.41, 5.74) is 2.88. The van der Waals surface area contributed by atoms with Gasteiger partial charge in [-0.25, -0.2) is 9.18 Å². The summed E-state index contributed by atoms with van der Waals surface area (Å²) in [5, 5.41) is 17.6. The van der Waals surface area contributed by atoms with Gasteiger partial charge in [-0.3, -0.25) is 14.7 Å². The van der Waals surface area contributed by atoms with E-state index in [1.54, 1.807) is 24.9 Å². The first kappa shape index (κ1) is 27.8. The number of allylic oxidation sites excluding steroid dienone is 3. The highest BCUT2D eigenvalue weighted by Gasteiger charge is 2.33. The van der Waals surface area contributed by atoms with Crippen molar-refractivity contribution in [1.29, 1.82) is 0 Å². The molecule has 1 rings (SSSR count). The maximum absolute atomic E-state index is 15.2. The van der Waals surface area contributed by atoms with E-state index in [0.29, 0.717) is 24.7 Å². The van der Waals surface area contributed by atoms with Gasteiger partial charge >= 0.3 is 6.09 Å². The molecule has 182 valence electrons. The summed E-state index contributed by atoms with van der Waals surface area (Å²) in [4.78, 5) is 30.1.